The van der Waals surface area contributed by atoms with Gasteiger partial charge in [-0.05, 0) is 26.7 Å². The van der Waals surface area contributed by atoms with Gasteiger partial charge in [-0.25, -0.2) is 0 Å². The Morgan fingerprint density at radius 3 is 3.13 bits per heavy atom. The molecule has 0 amide bonds. The van der Waals surface area contributed by atoms with Gasteiger partial charge in [0.2, 0.25) is 0 Å². The molecule has 1 aliphatic rings. The Kier molecular flexibility index (Phi) is 6.64. The third-order valence-corrected chi connectivity index (χ3v) is 2.54. The fraction of sp³-hybridized carbons (Fsp3) is 0.833. The fourth-order valence-corrected chi connectivity index (χ4v) is 1.63. The zero-order valence-corrected chi connectivity index (χ0v) is 9.87. The van der Waals surface area contributed by atoms with E-state index in [4.69, 9.17) is 9.47 Å². The minimum atomic E-state index is 0.266. The summed E-state index contributed by atoms with van der Waals surface area (Å²) in [5, 5.41) is 3.38. The molecule has 0 bridgehead atoms. The van der Waals surface area contributed by atoms with Crippen molar-refractivity contribution in [2.24, 2.45) is 0 Å². The third-order valence-electron chi connectivity index (χ3n) is 2.54. The van der Waals surface area contributed by atoms with Gasteiger partial charge < -0.3 is 14.8 Å². The molecule has 0 aromatic heterocycles. The maximum atomic E-state index is 5.56. The van der Waals surface area contributed by atoms with E-state index < -0.39 is 0 Å². The van der Waals surface area contributed by atoms with Gasteiger partial charge >= 0.3 is 0 Å². The van der Waals surface area contributed by atoms with Gasteiger partial charge in [0, 0.05) is 19.7 Å². The van der Waals surface area contributed by atoms with Gasteiger partial charge in [-0.15, -0.1) is 0 Å². The molecule has 1 heterocycles. The van der Waals surface area contributed by atoms with Crippen molar-refractivity contribution < 1.29 is 9.47 Å². The lowest BCUT2D eigenvalue weighted by Crippen LogP contribution is -2.33. The Morgan fingerprint density at radius 2 is 2.47 bits per heavy atom. The number of allylic oxidation sites excluding steroid dienone is 1. The molecule has 1 fully saturated rings. The first kappa shape index (κ1) is 12.7. The van der Waals surface area contributed by atoms with Gasteiger partial charge in [0.1, 0.15) is 0 Å². The molecule has 0 spiro atoms. The highest BCUT2D eigenvalue weighted by atomic mass is 16.5. The summed E-state index contributed by atoms with van der Waals surface area (Å²) in [5.41, 5.74) is 0. The van der Waals surface area contributed by atoms with Crippen molar-refractivity contribution in [2.75, 3.05) is 26.3 Å². The first-order valence-corrected chi connectivity index (χ1v) is 5.88. The number of hydrogen-bond donors (Lipinski definition) is 1. The highest BCUT2D eigenvalue weighted by Gasteiger charge is 2.14. The van der Waals surface area contributed by atoms with Crippen LogP contribution in [0.4, 0.5) is 0 Å². The third kappa shape index (κ3) is 5.92. The molecule has 88 valence electrons. The van der Waals surface area contributed by atoms with Crippen LogP contribution < -0.4 is 5.32 Å². The van der Waals surface area contributed by atoms with Gasteiger partial charge in [0.15, 0.2) is 0 Å². The Bertz CT molecular complexity index is 176. The summed E-state index contributed by atoms with van der Waals surface area (Å²) in [5.74, 6) is 0. The molecule has 1 saturated heterocycles. The summed E-state index contributed by atoms with van der Waals surface area (Å²) in [6.45, 7) is 7.59. The SMILES string of the molecule is CC=CCOC(C)CNCC1CCCO1. The lowest BCUT2D eigenvalue weighted by molar-refractivity contribution is 0.0771. The van der Waals surface area contributed by atoms with E-state index in [1.807, 2.05) is 19.1 Å². The van der Waals surface area contributed by atoms with Gasteiger partial charge in [0.05, 0.1) is 18.8 Å². The predicted molar refractivity (Wildman–Crippen MR) is 62.1 cm³/mol. The Labute approximate surface area is 92.8 Å². The summed E-state index contributed by atoms with van der Waals surface area (Å²) in [7, 11) is 0. The normalized spacial score (nSPS) is 23.7. The zero-order chi connectivity index (χ0) is 10.9. The minimum absolute atomic E-state index is 0.266. The number of hydrogen-bond acceptors (Lipinski definition) is 3. The minimum Gasteiger partial charge on any atom is -0.377 e. The zero-order valence-electron chi connectivity index (χ0n) is 9.87. The maximum Gasteiger partial charge on any atom is 0.0700 e. The second kappa shape index (κ2) is 7.85. The van der Waals surface area contributed by atoms with E-state index in [0.29, 0.717) is 12.7 Å². The molecular weight excluding hydrogens is 190 g/mol. The number of nitrogens with one attached hydrogen (secondary N) is 1. The molecule has 0 saturated carbocycles. The number of rotatable bonds is 7. The van der Waals surface area contributed by atoms with E-state index in [1.165, 1.54) is 12.8 Å². The topological polar surface area (TPSA) is 30.5 Å². The van der Waals surface area contributed by atoms with Crippen molar-refractivity contribution >= 4 is 0 Å². The van der Waals surface area contributed by atoms with Crippen LogP contribution in [0.15, 0.2) is 12.2 Å². The Morgan fingerprint density at radius 1 is 1.60 bits per heavy atom. The molecule has 3 heteroatoms. The highest BCUT2D eigenvalue weighted by Crippen LogP contribution is 2.10. The van der Waals surface area contributed by atoms with Crippen molar-refractivity contribution in [3.05, 3.63) is 12.2 Å². The van der Waals surface area contributed by atoms with Crippen LogP contribution in [0.25, 0.3) is 0 Å². The molecule has 15 heavy (non-hydrogen) atoms. The van der Waals surface area contributed by atoms with Crippen molar-refractivity contribution in [1.29, 1.82) is 0 Å². The van der Waals surface area contributed by atoms with Crippen molar-refractivity contribution in [2.45, 2.75) is 38.9 Å². The van der Waals surface area contributed by atoms with Crippen molar-refractivity contribution in [3.8, 4) is 0 Å². The van der Waals surface area contributed by atoms with Crippen LogP contribution in [-0.2, 0) is 9.47 Å². The van der Waals surface area contributed by atoms with Crippen LogP contribution in [0, 0.1) is 0 Å². The monoisotopic (exact) mass is 213 g/mol. The predicted octanol–water partition coefficient (Wildman–Crippen LogP) is 1.74. The highest BCUT2D eigenvalue weighted by molar-refractivity contribution is 4.76. The molecule has 0 radical (unpaired) electrons. The second-order valence-corrected chi connectivity index (χ2v) is 4.01. The summed E-state index contributed by atoms with van der Waals surface area (Å²) in [4.78, 5) is 0. The quantitative estimate of drug-likeness (QED) is 0.653. The summed E-state index contributed by atoms with van der Waals surface area (Å²) >= 11 is 0. The van der Waals surface area contributed by atoms with Crippen molar-refractivity contribution in [1.82, 2.24) is 5.32 Å². The molecule has 3 nitrogen and oxygen atoms in total. The first-order chi connectivity index (χ1) is 7.33. The van der Waals surface area contributed by atoms with Gasteiger partial charge in [-0.3, -0.25) is 0 Å². The first-order valence-electron chi connectivity index (χ1n) is 5.88. The Balaban J connectivity index is 1.93. The van der Waals surface area contributed by atoms with E-state index in [9.17, 15) is 0 Å². The van der Waals surface area contributed by atoms with Crippen LogP contribution in [-0.4, -0.2) is 38.5 Å². The second-order valence-electron chi connectivity index (χ2n) is 4.01. The maximum absolute atomic E-state index is 5.56. The van der Waals surface area contributed by atoms with Crippen LogP contribution in [0.1, 0.15) is 26.7 Å². The van der Waals surface area contributed by atoms with E-state index >= 15 is 0 Å². The molecule has 0 aromatic carbocycles. The van der Waals surface area contributed by atoms with Crippen LogP contribution >= 0.6 is 0 Å². The number of ether oxygens (including phenoxy) is 2. The van der Waals surface area contributed by atoms with E-state index in [0.717, 1.165) is 19.7 Å². The Hall–Kier alpha value is -0.380. The smallest absolute Gasteiger partial charge is 0.0700 e. The molecule has 1 N–H and O–H groups in total. The van der Waals surface area contributed by atoms with Crippen LogP contribution in [0.2, 0.25) is 0 Å². The molecule has 1 aliphatic heterocycles. The summed E-state index contributed by atoms with van der Waals surface area (Å²) < 4.78 is 11.1. The molecule has 2 unspecified atom stereocenters. The largest absolute Gasteiger partial charge is 0.377 e. The average Bonchev–Trinajstić information content (AvgIpc) is 2.71. The molecular formula is C12H23NO2. The average molecular weight is 213 g/mol. The van der Waals surface area contributed by atoms with Gasteiger partial charge in [-0.1, -0.05) is 12.2 Å². The lowest BCUT2D eigenvalue weighted by Gasteiger charge is -2.15. The molecule has 1 rings (SSSR count). The summed E-state index contributed by atoms with van der Waals surface area (Å²) in [6.07, 6.45) is 7.12. The van der Waals surface area contributed by atoms with Crippen LogP contribution in [0.5, 0.6) is 0 Å². The van der Waals surface area contributed by atoms with Gasteiger partial charge in [0.25, 0.3) is 0 Å². The van der Waals surface area contributed by atoms with Gasteiger partial charge in [-0.2, -0.15) is 0 Å². The standard InChI is InChI=1S/C12H23NO2/c1-3-4-7-14-11(2)9-13-10-12-6-5-8-15-12/h3-4,11-13H,5-10H2,1-2H3. The molecule has 0 aromatic rings. The van der Waals surface area contributed by atoms with E-state index in [1.54, 1.807) is 0 Å². The fourth-order valence-electron chi connectivity index (χ4n) is 1.63. The van der Waals surface area contributed by atoms with E-state index in [-0.39, 0.29) is 6.10 Å². The molecule has 2 atom stereocenters. The molecule has 0 aliphatic carbocycles. The lowest BCUT2D eigenvalue weighted by atomic mass is 10.2. The van der Waals surface area contributed by atoms with Crippen LogP contribution in [0.3, 0.4) is 0 Å². The van der Waals surface area contributed by atoms with Crippen molar-refractivity contribution in [3.63, 3.8) is 0 Å². The van der Waals surface area contributed by atoms with E-state index in [2.05, 4.69) is 12.2 Å². The summed E-state index contributed by atoms with van der Waals surface area (Å²) in [6, 6.07) is 0.